The van der Waals surface area contributed by atoms with Gasteiger partial charge in [-0.25, -0.2) is 8.42 Å². The molecule has 154 valence electrons. The van der Waals surface area contributed by atoms with Crippen LogP contribution in [0.1, 0.15) is 12.8 Å². The first-order valence-corrected chi connectivity index (χ1v) is 10.7. The van der Waals surface area contributed by atoms with Gasteiger partial charge in [-0.3, -0.25) is 9.59 Å². The number of piperidine rings is 1. The Bertz CT molecular complexity index is 979. The van der Waals surface area contributed by atoms with Gasteiger partial charge in [0.05, 0.1) is 17.4 Å². The van der Waals surface area contributed by atoms with Gasteiger partial charge in [0.25, 0.3) is 0 Å². The Labute approximate surface area is 169 Å². The number of rotatable bonds is 6. The number of amides is 2. The number of anilines is 1. The number of hydrogen-bond acceptors (Lipinski definition) is 5. The van der Waals surface area contributed by atoms with Gasteiger partial charge < -0.3 is 15.7 Å². The van der Waals surface area contributed by atoms with E-state index in [1.165, 1.54) is 28.6 Å². The van der Waals surface area contributed by atoms with Crippen LogP contribution in [0.4, 0.5) is 5.69 Å². The van der Waals surface area contributed by atoms with Crippen LogP contribution >= 0.6 is 0 Å². The van der Waals surface area contributed by atoms with E-state index in [0.29, 0.717) is 25.1 Å². The van der Waals surface area contributed by atoms with Crippen molar-refractivity contribution in [3.63, 3.8) is 0 Å². The molecular formula is C20H23N3O5S. The quantitative estimate of drug-likeness (QED) is 0.660. The highest BCUT2D eigenvalue weighted by atomic mass is 32.2. The maximum atomic E-state index is 12.8. The Morgan fingerprint density at radius 2 is 1.86 bits per heavy atom. The number of aromatic hydroxyl groups is 1. The van der Waals surface area contributed by atoms with E-state index in [-0.39, 0.29) is 29.6 Å². The van der Waals surface area contributed by atoms with Crippen molar-refractivity contribution >= 4 is 27.5 Å². The molecule has 8 nitrogen and oxygen atoms in total. The van der Waals surface area contributed by atoms with E-state index in [1.807, 2.05) is 0 Å². The molecular weight excluding hydrogens is 394 g/mol. The van der Waals surface area contributed by atoms with Crippen LogP contribution in [0.2, 0.25) is 0 Å². The second-order valence-electron chi connectivity index (χ2n) is 6.83. The molecule has 1 saturated heterocycles. The van der Waals surface area contributed by atoms with Gasteiger partial charge in [-0.05, 0) is 37.1 Å². The molecule has 9 heteroatoms. The lowest BCUT2D eigenvalue weighted by Gasteiger charge is -2.31. The molecule has 1 fully saturated rings. The first-order chi connectivity index (χ1) is 13.9. The molecule has 0 saturated carbocycles. The minimum absolute atomic E-state index is 0.0220. The van der Waals surface area contributed by atoms with E-state index in [2.05, 4.69) is 10.6 Å². The van der Waals surface area contributed by atoms with Gasteiger partial charge in [0.1, 0.15) is 5.75 Å². The van der Waals surface area contributed by atoms with Gasteiger partial charge in [0.2, 0.25) is 21.8 Å². The predicted octanol–water partition coefficient (Wildman–Crippen LogP) is 1.55. The number of nitrogens with one attached hydrogen (secondary N) is 2. The van der Waals surface area contributed by atoms with E-state index in [0.717, 1.165) is 0 Å². The summed E-state index contributed by atoms with van der Waals surface area (Å²) in [7, 11) is -3.65. The van der Waals surface area contributed by atoms with Crippen LogP contribution < -0.4 is 10.6 Å². The molecule has 0 bridgehead atoms. The molecule has 1 heterocycles. The van der Waals surface area contributed by atoms with Crippen LogP contribution in [-0.4, -0.2) is 49.3 Å². The number of carbonyl (C=O) groups excluding carboxylic acids is 2. The van der Waals surface area contributed by atoms with E-state index in [1.54, 1.807) is 30.3 Å². The fourth-order valence-electron chi connectivity index (χ4n) is 3.22. The van der Waals surface area contributed by atoms with Crippen molar-refractivity contribution in [3.05, 3.63) is 54.6 Å². The van der Waals surface area contributed by atoms with E-state index in [4.69, 9.17) is 0 Å². The Kier molecular flexibility index (Phi) is 6.50. The number of nitrogens with zero attached hydrogens (tertiary/aromatic N) is 1. The van der Waals surface area contributed by atoms with Gasteiger partial charge in [0, 0.05) is 24.8 Å². The Morgan fingerprint density at radius 1 is 1.10 bits per heavy atom. The van der Waals surface area contributed by atoms with E-state index < -0.39 is 21.8 Å². The molecule has 1 atom stereocenters. The summed E-state index contributed by atoms with van der Waals surface area (Å²) in [6.07, 6.45) is 1.13. The third kappa shape index (κ3) is 5.33. The third-order valence-corrected chi connectivity index (χ3v) is 6.57. The molecule has 3 N–H and O–H groups in total. The largest absolute Gasteiger partial charge is 0.508 e. The molecule has 2 aromatic rings. The van der Waals surface area contributed by atoms with Crippen molar-refractivity contribution in [2.24, 2.45) is 5.92 Å². The topological polar surface area (TPSA) is 116 Å². The smallest absolute Gasteiger partial charge is 0.243 e. The molecule has 2 aromatic carbocycles. The Balaban J connectivity index is 1.55. The van der Waals surface area contributed by atoms with Crippen molar-refractivity contribution in [1.82, 2.24) is 9.62 Å². The van der Waals surface area contributed by atoms with Crippen LogP contribution in [0.15, 0.2) is 59.5 Å². The van der Waals surface area contributed by atoms with E-state index in [9.17, 15) is 23.1 Å². The summed E-state index contributed by atoms with van der Waals surface area (Å²) in [5.74, 6) is -1.29. The number of sulfonamides is 1. The number of phenolic OH excluding ortho intramolecular Hbond substituents is 1. The van der Waals surface area contributed by atoms with Gasteiger partial charge in [-0.15, -0.1) is 0 Å². The summed E-state index contributed by atoms with van der Waals surface area (Å²) < 4.78 is 26.8. The maximum absolute atomic E-state index is 12.8. The number of hydrogen-bond donors (Lipinski definition) is 3. The van der Waals surface area contributed by atoms with Gasteiger partial charge in [0.15, 0.2) is 0 Å². The second-order valence-corrected chi connectivity index (χ2v) is 8.77. The van der Waals surface area contributed by atoms with Crippen molar-refractivity contribution in [2.75, 3.05) is 25.0 Å². The molecule has 3 rings (SSSR count). The lowest BCUT2D eigenvalue weighted by Crippen LogP contribution is -2.46. The zero-order valence-corrected chi connectivity index (χ0v) is 16.6. The average molecular weight is 417 g/mol. The van der Waals surface area contributed by atoms with Gasteiger partial charge in [-0.1, -0.05) is 24.3 Å². The summed E-state index contributed by atoms with van der Waals surface area (Å²) in [5, 5.41) is 14.6. The summed E-state index contributed by atoms with van der Waals surface area (Å²) in [6.45, 7) is 0.201. The molecule has 29 heavy (non-hydrogen) atoms. The first-order valence-electron chi connectivity index (χ1n) is 9.28. The Morgan fingerprint density at radius 3 is 2.59 bits per heavy atom. The molecule has 1 aliphatic rings. The van der Waals surface area contributed by atoms with Gasteiger partial charge >= 0.3 is 0 Å². The lowest BCUT2D eigenvalue weighted by atomic mass is 9.99. The number of benzene rings is 2. The van der Waals surface area contributed by atoms with Crippen molar-refractivity contribution in [3.8, 4) is 5.75 Å². The van der Waals surface area contributed by atoms with Crippen molar-refractivity contribution in [1.29, 1.82) is 0 Å². The standard InChI is InChI=1S/C20H23N3O5S/c24-17-8-4-7-16(12-17)22-19(25)13-21-20(26)15-6-5-11-23(14-15)29(27,28)18-9-2-1-3-10-18/h1-4,7-10,12,15,24H,5-6,11,13-14H2,(H,21,26)(H,22,25)/t15-/m0/s1. The zero-order chi connectivity index (χ0) is 20.9. The summed E-state index contributed by atoms with van der Waals surface area (Å²) >= 11 is 0. The van der Waals surface area contributed by atoms with Crippen molar-refractivity contribution < 1.29 is 23.1 Å². The Hall–Kier alpha value is -2.91. The number of carbonyl (C=O) groups is 2. The summed E-state index contributed by atoms with van der Waals surface area (Å²) in [4.78, 5) is 24.7. The highest BCUT2D eigenvalue weighted by Gasteiger charge is 2.33. The minimum Gasteiger partial charge on any atom is -0.508 e. The molecule has 0 aliphatic carbocycles. The fraction of sp³-hybridized carbons (Fsp3) is 0.300. The lowest BCUT2D eigenvalue weighted by molar-refractivity contribution is -0.128. The minimum atomic E-state index is -3.65. The average Bonchev–Trinajstić information content (AvgIpc) is 2.73. The molecule has 0 unspecified atom stereocenters. The number of phenols is 1. The fourth-order valence-corrected chi connectivity index (χ4v) is 4.76. The monoisotopic (exact) mass is 417 g/mol. The molecule has 2 amide bonds. The van der Waals surface area contributed by atoms with Crippen LogP contribution in [0.3, 0.4) is 0 Å². The van der Waals surface area contributed by atoms with Crippen LogP contribution in [0.25, 0.3) is 0 Å². The molecule has 0 aromatic heterocycles. The van der Waals surface area contributed by atoms with Crippen LogP contribution in [-0.2, 0) is 19.6 Å². The summed E-state index contributed by atoms with van der Waals surface area (Å²) in [5.41, 5.74) is 0.419. The first kappa shape index (κ1) is 20.8. The molecule has 0 spiro atoms. The summed E-state index contributed by atoms with van der Waals surface area (Å²) in [6, 6.07) is 14.2. The molecule has 1 aliphatic heterocycles. The highest BCUT2D eigenvalue weighted by Crippen LogP contribution is 2.23. The second kappa shape index (κ2) is 9.06. The third-order valence-electron chi connectivity index (χ3n) is 4.69. The van der Waals surface area contributed by atoms with Crippen LogP contribution in [0.5, 0.6) is 5.75 Å². The van der Waals surface area contributed by atoms with Crippen molar-refractivity contribution in [2.45, 2.75) is 17.7 Å². The predicted molar refractivity (Wildman–Crippen MR) is 108 cm³/mol. The highest BCUT2D eigenvalue weighted by molar-refractivity contribution is 7.89. The normalized spacial score (nSPS) is 17.4. The van der Waals surface area contributed by atoms with Gasteiger partial charge in [-0.2, -0.15) is 4.31 Å². The zero-order valence-electron chi connectivity index (χ0n) is 15.7. The molecule has 0 radical (unpaired) electrons. The SMILES string of the molecule is O=C(CNC(=O)[C@H]1CCCN(S(=O)(=O)c2ccccc2)C1)Nc1cccc(O)c1. The maximum Gasteiger partial charge on any atom is 0.243 e. The van der Waals surface area contributed by atoms with E-state index >= 15 is 0 Å². The van der Waals surface area contributed by atoms with Crippen LogP contribution in [0, 0.1) is 5.92 Å².